The fourth-order valence-corrected chi connectivity index (χ4v) is 4.91. The summed E-state index contributed by atoms with van der Waals surface area (Å²) in [5, 5.41) is 3.15. The van der Waals surface area contributed by atoms with Gasteiger partial charge in [0.15, 0.2) is 0 Å². The molecule has 0 radical (unpaired) electrons. The van der Waals surface area contributed by atoms with Crippen LogP contribution in [-0.2, 0) is 4.79 Å². The lowest BCUT2D eigenvalue weighted by Gasteiger charge is -2.30. The molecule has 0 saturated carbocycles. The normalized spacial score (nSPS) is 11.8. The van der Waals surface area contributed by atoms with Crippen LogP contribution in [-0.4, -0.2) is 44.1 Å². The van der Waals surface area contributed by atoms with Crippen molar-refractivity contribution in [2.75, 3.05) is 33.7 Å². The van der Waals surface area contributed by atoms with Gasteiger partial charge in [-0.05, 0) is 19.3 Å². The molecule has 1 N–H and O–H groups in total. The van der Waals surface area contributed by atoms with Gasteiger partial charge in [-0.2, -0.15) is 0 Å². The minimum Gasteiger partial charge on any atom is -0.356 e. The molecule has 0 heterocycles. The third kappa shape index (κ3) is 26.0. The van der Waals surface area contributed by atoms with Gasteiger partial charge in [0.1, 0.15) is 0 Å². The number of nitrogens with zero attached hydrogens (tertiary/aromatic N) is 1. The first-order valence-corrected chi connectivity index (χ1v) is 15.6. The van der Waals surface area contributed by atoms with Crippen molar-refractivity contribution in [3.05, 3.63) is 0 Å². The number of amides is 1. The van der Waals surface area contributed by atoms with E-state index in [1.165, 1.54) is 135 Å². The van der Waals surface area contributed by atoms with Crippen molar-refractivity contribution < 1.29 is 9.28 Å². The Kier molecular flexibility index (Phi) is 25.1. The zero-order chi connectivity index (χ0) is 25.2. The van der Waals surface area contributed by atoms with Gasteiger partial charge >= 0.3 is 0 Å². The molecular weight excluding hydrogens is 416 g/mol. The Balaban J connectivity index is 3.42. The summed E-state index contributed by atoms with van der Waals surface area (Å²) < 4.78 is 1.09. The van der Waals surface area contributed by atoms with Crippen LogP contribution < -0.4 is 5.32 Å². The summed E-state index contributed by atoms with van der Waals surface area (Å²) in [4.78, 5) is 12.1. The molecule has 0 aromatic heterocycles. The molecule has 0 saturated heterocycles. The summed E-state index contributed by atoms with van der Waals surface area (Å²) in [5.74, 6) is 0.260. The van der Waals surface area contributed by atoms with Gasteiger partial charge in [-0.1, -0.05) is 129 Å². The van der Waals surface area contributed by atoms with Crippen LogP contribution in [0.3, 0.4) is 0 Å². The first kappa shape index (κ1) is 33.4. The molecule has 0 unspecified atom stereocenters. The lowest BCUT2D eigenvalue weighted by molar-refractivity contribution is -0.890. The highest BCUT2D eigenvalue weighted by atomic mass is 16.1. The van der Waals surface area contributed by atoms with Crippen molar-refractivity contribution in [1.29, 1.82) is 0 Å². The first-order chi connectivity index (χ1) is 16.5. The van der Waals surface area contributed by atoms with Crippen molar-refractivity contribution in [2.24, 2.45) is 0 Å². The standard InChI is InChI=1S/C31H64N2O/c1-5-7-9-11-13-15-17-18-20-22-24-27-31(34)32-28-26-30-33(3,4)29-25-23-21-19-16-14-12-10-8-6-2/h5-30H2,1-4H3/p+1. The van der Waals surface area contributed by atoms with Crippen LogP contribution in [0.5, 0.6) is 0 Å². The van der Waals surface area contributed by atoms with Gasteiger partial charge in [0.25, 0.3) is 0 Å². The van der Waals surface area contributed by atoms with Crippen LogP contribution in [0.2, 0.25) is 0 Å². The minimum atomic E-state index is 0.260. The van der Waals surface area contributed by atoms with E-state index in [1.807, 2.05) is 0 Å². The molecule has 0 aliphatic rings. The Morgan fingerprint density at radius 1 is 0.500 bits per heavy atom. The number of quaternary nitrogens is 1. The number of carbonyl (C=O) groups excluding carboxylic acids is 1. The van der Waals surface area contributed by atoms with Gasteiger partial charge < -0.3 is 9.80 Å². The highest BCUT2D eigenvalue weighted by Crippen LogP contribution is 2.13. The van der Waals surface area contributed by atoms with Crippen LogP contribution in [0.15, 0.2) is 0 Å². The fourth-order valence-electron chi connectivity index (χ4n) is 4.91. The van der Waals surface area contributed by atoms with Crippen molar-refractivity contribution in [2.45, 2.75) is 162 Å². The second-order valence-electron chi connectivity index (χ2n) is 11.6. The van der Waals surface area contributed by atoms with E-state index in [2.05, 4.69) is 33.3 Å². The largest absolute Gasteiger partial charge is 0.356 e. The molecule has 1 amide bonds. The summed E-state index contributed by atoms with van der Waals surface area (Å²) >= 11 is 0. The Morgan fingerprint density at radius 3 is 1.29 bits per heavy atom. The number of nitrogens with one attached hydrogen (secondary N) is 1. The molecular formula is C31H65N2O+. The summed E-state index contributed by atoms with van der Waals surface area (Å²) in [6, 6.07) is 0. The molecule has 0 rings (SSSR count). The third-order valence-corrected chi connectivity index (χ3v) is 7.39. The van der Waals surface area contributed by atoms with Gasteiger partial charge in [-0.3, -0.25) is 4.79 Å². The van der Waals surface area contributed by atoms with Crippen molar-refractivity contribution in [3.8, 4) is 0 Å². The highest BCUT2D eigenvalue weighted by Gasteiger charge is 2.14. The summed E-state index contributed by atoms with van der Waals surface area (Å²) in [6.45, 7) is 7.84. The van der Waals surface area contributed by atoms with Crippen LogP contribution >= 0.6 is 0 Å². The quantitative estimate of drug-likeness (QED) is 0.0919. The Morgan fingerprint density at radius 2 is 0.853 bits per heavy atom. The number of carbonyl (C=O) groups is 1. The van der Waals surface area contributed by atoms with Gasteiger partial charge in [-0.25, -0.2) is 0 Å². The van der Waals surface area contributed by atoms with E-state index < -0.39 is 0 Å². The fraction of sp³-hybridized carbons (Fsp3) is 0.968. The van der Waals surface area contributed by atoms with E-state index in [1.54, 1.807) is 0 Å². The zero-order valence-corrected chi connectivity index (χ0v) is 24.2. The van der Waals surface area contributed by atoms with Crippen LogP contribution in [0.25, 0.3) is 0 Å². The van der Waals surface area contributed by atoms with E-state index in [9.17, 15) is 4.79 Å². The lowest BCUT2D eigenvalue weighted by atomic mass is 10.1. The summed E-state index contributed by atoms with van der Waals surface area (Å²) in [5.41, 5.74) is 0. The van der Waals surface area contributed by atoms with Crippen molar-refractivity contribution in [3.63, 3.8) is 0 Å². The predicted octanol–water partition coefficient (Wildman–Crippen LogP) is 9.19. The topological polar surface area (TPSA) is 29.1 Å². The number of hydrogen-bond donors (Lipinski definition) is 1. The smallest absolute Gasteiger partial charge is 0.219 e. The minimum absolute atomic E-state index is 0.260. The molecule has 0 atom stereocenters. The van der Waals surface area contributed by atoms with E-state index in [4.69, 9.17) is 0 Å². The maximum absolute atomic E-state index is 12.1. The van der Waals surface area contributed by atoms with E-state index in [0.717, 1.165) is 30.4 Å². The van der Waals surface area contributed by atoms with Crippen LogP contribution in [0.4, 0.5) is 0 Å². The second kappa shape index (κ2) is 25.5. The number of rotatable bonds is 27. The van der Waals surface area contributed by atoms with Gasteiger partial charge in [0, 0.05) is 19.4 Å². The van der Waals surface area contributed by atoms with Gasteiger partial charge in [-0.15, -0.1) is 0 Å². The van der Waals surface area contributed by atoms with E-state index in [-0.39, 0.29) is 5.91 Å². The molecule has 0 aliphatic carbocycles. The zero-order valence-electron chi connectivity index (χ0n) is 24.2. The van der Waals surface area contributed by atoms with Crippen LogP contribution in [0.1, 0.15) is 162 Å². The Bertz CT molecular complexity index is 422. The molecule has 0 fully saturated rings. The number of hydrogen-bond acceptors (Lipinski definition) is 1. The molecule has 0 aromatic rings. The SMILES string of the molecule is CCCCCCCCCCCCCC(=O)NCCC[N+](C)(C)CCCCCCCCCCCC. The molecule has 3 nitrogen and oxygen atoms in total. The average molecular weight is 482 g/mol. The second-order valence-corrected chi connectivity index (χ2v) is 11.6. The third-order valence-electron chi connectivity index (χ3n) is 7.39. The van der Waals surface area contributed by atoms with E-state index >= 15 is 0 Å². The first-order valence-electron chi connectivity index (χ1n) is 15.6. The monoisotopic (exact) mass is 482 g/mol. The molecule has 0 aromatic carbocycles. The summed E-state index contributed by atoms with van der Waals surface area (Å²) in [6.07, 6.45) is 30.5. The molecule has 3 heteroatoms. The maximum Gasteiger partial charge on any atom is 0.219 e. The molecule has 0 bridgehead atoms. The van der Waals surface area contributed by atoms with Crippen molar-refractivity contribution in [1.82, 2.24) is 5.32 Å². The van der Waals surface area contributed by atoms with E-state index in [0.29, 0.717) is 6.42 Å². The molecule has 0 spiro atoms. The lowest BCUT2D eigenvalue weighted by Crippen LogP contribution is -2.42. The molecule has 204 valence electrons. The molecule has 0 aliphatic heterocycles. The maximum atomic E-state index is 12.1. The van der Waals surface area contributed by atoms with Gasteiger partial charge in [0.05, 0.1) is 27.2 Å². The van der Waals surface area contributed by atoms with Crippen LogP contribution in [0, 0.1) is 0 Å². The molecule has 34 heavy (non-hydrogen) atoms. The Hall–Kier alpha value is -0.570. The van der Waals surface area contributed by atoms with Gasteiger partial charge in [0.2, 0.25) is 5.91 Å². The summed E-state index contributed by atoms with van der Waals surface area (Å²) in [7, 11) is 4.70. The Labute approximate surface area is 215 Å². The predicted molar refractivity (Wildman–Crippen MR) is 152 cm³/mol. The van der Waals surface area contributed by atoms with Crippen molar-refractivity contribution >= 4 is 5.91 Å². The number of unbranched alkanes of at least 4 members (excludes halogenated alkanes) is 19. The average Bonchev–Trinajstić information content (AvgIpc) is 2.81. The highest BCUT2D eigenvalue weighted by molar-refractivity contribution is 5.75.